The molecule has 2 aromatic heterocycles. The summed E-state index contributed by atoms with van der Waals surface area (Å²) in [6.45, 7) is 6.81. The van der Waals surface area contributed by atoms with Crippen LogP contribution in [0.15, 0.2) is 35.4 Å². The predicted molar refractivity (Wildman–Crippen MR) is 113 cm³/mol. The molecule has 0 radical (unpaired) electrons. The van der Waals surface area contributed by atoms with Crippen LogP contribution in [0.2, 0.25) is 0 Å². The first-order valence-corrected chi connectivity index (χ1v) is 10.5. The van der Waals surface area contributed by atoms with Crippen LogP contribution in [0.5, 0.6) is 0 Å². The molecule has 4 rings (SSSR count). The van der Waals surface area contributed by atoms with Crippen LogP contribution in [-0.2, 0) is 13.6 Å². The fraction of sp³-hybridized carbons (Fsp3) is 0.409. The maximum atomic E-state index is 13.4. The van der Waals surface area contributed by atoms with Gasteiger partial charge in [-0.1, -0.05) is 38.1 Å². The SMILES string of the molecule is Cc1c(C(=O)N(Cc2ccc(C(C)C)cc2)C2CC2)sc2ncn(C)c(=O)c12. The van der Waals surface area contributed by atoms with Gasteiger partial charge < -0.3 is 9.47 Å². The molecule has 1 amide bonds. The summed E-state index contributed by atoms with van der Waals surface area (Å²) in [7, 11) is 1.69. The van der Waals surface area contributed by atoms with E-state index in [1.54, 1.807) is 7.05 Å². The molecule has 2 heterocycles. The Kier molecular flexibility index (Phi) is 4.83. The van der Waals surface area contributed by atoms with Crippen LogP contribution in [0.3, 0.4) is 0 Å². The van der Waals surface area contributed by atoms with Crippen LogP contribution in [0.25, 0.3) is 10.2 Å². The van der Waals surface area contributed by atoms with E-state index in [0.717, 1.165) is 24.0 Å². The molecule has 0 unspecified atom stereocenters. The van der Waals surface area contributed by atoms with E-state index in [2.05, 4.69) is 43.1 Å². The number of fused-ring (bicyclic) bond motifs is 1. The second kappa shape index (κ2) is 7.17. The van der Waals surface area contributed by atoms with Gasteiger partial charge in [0.05, 0.1) is 16.6 Å². The number of aryl methyl sites for hydroxylation is 2. The normalized spacial score (nSPS) is 14.0. The molecule has 0 saturated heterocycles. The first kappa shape index (κ1) is 18.9. The monoisotopic (exact) mass is 395 g/mol. The molecule has 6 heteroatoms. The molecule has 0 spiro atoms. The first-order valence-electron chi connectivity index (χ1n) is 9.71. The van der Waals surface area contributed by atoms with Gasteiger partial charge in [-0.2, -0.15) is 0 Å². The maximum Gasteiger partial charge on any atom is 0.264 e. The largest absolute Gasteiger partial charge is 0.331 e. The number of carbonyl (C=O) groups is 1. The number of nitrogens with zero attached hydrogens (tertiary/aromatic N) is 3. The lowest BCUT2D eigenvalue weighted by atomic mass is 10.0. The number of benzene rings is 1. The second-order valence-electron chi connectivity index (χ2n) is 7.96. The van der Waals surface area contributed by atoms with Crippen molar-refractivity contribution in [2.75, 3.05) is 0 Å². The van der Waals surface area contributed by atoms with Crippen LogP contribution in [0.1, 0.15) is 59.0 Å². The van der Waals surface area contributed by atoms with Gasteiger partial charge in [0.2, 0.25) is 0 Å². The van der Waals surface area contributed by atoms with E-state index in [4.69, 9.17) is 0 Å². The molecule has 0 bridgehead atoms. The Balaban J connectivity index is 1.66. The highest BCUT2D eigenvalue weighted by molar-refractivity contribution is 7.20. The van der Waals surface area contributed by atoms with Crippen molar-refractivity contribution in [2.45, 2.75) is 52.1 Å². The second-order valence-corrected chi connectivity index (χ2v) is 8.96. The molecule has 0 N–H and O–H groups in total. The van der Waals surface area contributed by atoms with E-state index in [1.807, 2.05) is 11.8 Å². The van der Waals surface area contributed by atoms with Crippen molar-refractivity contribution in [2.24, 2.45) is 7.05 Å². The van der Waals surface area contributed by atoms with Gasteiger partial charge in [-0.05, 0) is 42.4 Å². The van der Waals surface area contributed by atoms with Gasteiger partial charge in [0.1, 0.15) is 4.83 Å². The fourth-order valence-electron chi connectivity index (χ4n) is 3.50. The van der Waals surface area contributed by atoms with Gasteiger partial charge in [0.15, 0.2) is 0 Å². The zero-order valence-corrected chi connectivity index (χ0v) is 17.5. The lowest BCUT2D eigenvalue weighted by Gasteiger charge is -2.22. The molecule has 1 fully saturated rings. The smallest absolute Gasteiger partial charge is 0.264 e. The molecule has 1 aliphatic rings. The number of rotatable bonds is 5. The lowest BCUT2D eigenvalue weighted by Crippen LogP contribution is -2.32. The molecule has 1 aliphatic carbocycles. The predicted octanol–water partition coefficient (Wildman–Crippen LogP) is 4.23. The third-order valence-electron chi connectivity index (χ3n) is 5.45. The van der Waals surface area contributed by atoms with Crippen molar-refractivity contribution in [3.8, 4) is 0 Å². The minimum Gasteiger partial charge on any atom is -0.331 e. The van der Waals surface area contributed by atoms with Crippen LogP contribution in [0.4, 0.5) is 0 Å². The van der Waals surface area contributed by atoms with E-state index in [0.29, 0.717) is 27.6 Å². The van der Waals surface area contributed by atoms with Crippen molar-refractivity contribution in [1.29, 1.82) is 0 Å². The number of amides is 1. The molecular weight excluding hydrogens is 370 g/mol. The molecule has 1 saturated carbocycles. The van der Waals surface area contributed by atoms with Crippen molar-refractivity contribution in [3.63, 3.8) is 0 Å². The Morgan fingerprint density at radius 2 is 1.96 bits per heavy atom. The van der Waals surface area contributed by atoms with Crippen molar-refractivity contribution in [3.05, 3.63) is 62.5 Å². The Morgan fingerprint density at radius 1 is 1.29 bits per heavy atom. The van der Waals surface area contributed by atoms with E-state index in [-0.39, 0.29) is 17.5 Å². The molecule has 0 atom stereocenters. The van der Waals surface area contributed by atoms with E-state index in [1.165, 1.54) is 27.8 Å². The minimum absolute atomic E-state index is 0.0120. The number of thiophene rings is 1. The van der Waals surface area contributed by atoms with Crippen molar-refractivity contribution >= 4 is 27.5 Å². The quantitative estimate of drug-likeness (QED) is 0.650. The van der Waals surface area contributed by atoms with Gasteiger partial charge in [0.25, 0.3) is 11.5 Å². The average molecular weight is 396 g/mol. The van der Waals surface area contributed by atoms with Crippen LogP contribution in [0, 0.1) is 6.92 Å². The zero-order chi connectivity index (χ0) is 20.0. The average Bonchev–Trinajstić information content (AvgIpc) is 3.46. The van der Waals surface area contributed by atoms with Crippen LogP contribution < -0.4 is 5.56 Å². The molecule has 1 aromatic carbocycles. The third kappa shape index (κ3) is 3.37. The summed E-state index contributed by atoms with van der Waals surface area (Å²) < 4.78 is 1.46. The maximum absolute atomic E-state index is 13.4. The van der Waals surface area contributed by atoms with Crippen molar-refractivity contribution < 1.29 is 4.79 Å². The minimum atomic E-state index is -0.0972. The summed E-state index contributed by atoms with van der Waals surface area (Å²) in [5.41, 5.74) is 3.09. The van der Waals surface area contributed by atoms with Crippen LogP contribution >= 0.6 is 11.3 Å². The number of carbonyl (C=O) groups excluding carboxylic acids is 1. The topological polar surface area (TPSA) is 55.2 Å². The molecule has 3 aromatic rings. The molecule has 5 nitrogen and oxygen atoms in total. The van der Waals surface area contributed by atoms with E-state index in [9.17, 15) is 9.59 Å². The Labute approximate surface area is 168 Å². The molecule has 146 valence electrons. The molecular formula is C22H25N3O2S. The van der Waals surface area contributed by atoms with Gasteiger partial charge >= 0.3 is 0 Å². The Morgan fingerprint density at radius 3 is 2.57 bits per heavy atom. The number of hydrogen-bond donors (Lipinski definition) is 0. The highest BCUT2D eigenvalue weighted by Crippen LogP contribution is 2.34. The van der Waals surface area contributed by atoms with Crippen molar-refractivity contribution in [1.82, 2.24) is 14.5 Å². The van der Waals surface area contributed by atoms with Gasteiger partial charge in [-0.15, -0.1) is 11.3 Å². The van der Waals surface area contributed by atoms with E-state index < -0.39 is 0 Å². The fourth-order valence-corrected chi connectivity index (χ4v) is 4.60. The summed E-state index contributed by atoms with van der Waals surface area (Å²) in [5.74, 6) is 0.504. The highest BCUT2D eigenvalue weighted by Gasteiger charge is 2.35. The first-order chi connectivity index (χ1) is 13.4. The summed E-state index contributed by atoms with van der Waals surface area (Å²) in [6.07, 6.45) is 3.60. The summed E-state index contributed by atoms with van der Waals surface area (Å²) >= 11 is 1.33. The molecule has 0 aliphatic heterocycles. The third-order valence-corrected chi connectivity index (χ3v) is 6.64. The van der Waals surface area contributed by atoms with Gasteiger partial charge in [0, 0.05) is 19.6 Å². The van der Waals surface area contributed by atoms with Gasteiger partial charge in [-0.3, -0.25) is 9.59 Å². The highest BCUT2D eigenvalue weighted by atomic mass is 32.1. The van der Waals surface area contributed by atoms with Gasteiger partial charge in [-0.25, -0.2) is 4.98 Å². The lowest BCUT2D eigenvalue weighted by molar-refractivity contribution is 0.0734. The Hall–Kier alpha value is -2.47. The Bertz CT molecular complexity index is 1090. The standard InChI is InChI=1S/C22H25N3O2S/c1-13(2)16-7-5-15(6-8-16)11-25(17-9-10-17)22(27)19-14(3)18-20(28-19)23-12-24(4)21(18)26/h5-8,12-13,17H,9-11H2,1-4H3. The summed E-state index contributed by atoms with van der Waals surface area (Å²) in [6, 6.07) is 8.82. The van der Waals surface area contributed by atoms with Crippen LogP contribution in [-0.4, -0.2) is 26.4 Å². The van der Waals surface area contributed by atoms with E-state index >= 15 is 0 Å². The number of aromatic nitrogens is 2. The summed E-state index contributed by atoms with van der Waals surface area (Å²) in [5, 5.41) is 0.565. The summed E-state index contributed by atoms with van der Waals surface area (Å²) in [4.78, 5) is 33.5. The zero-order valence-electron chi connectivity index (χ0n) is 16.7. The molecule has 28 heavy (non-hydrogen) atoms. The number of hydrogen-bond acceptors (Lipinski definition) is 4.